The first-order valence-corrected chi connectivity index (χ1v) is 10.6. The van der Waals surface area contributed by atoms with Gasteiger partial charge in [0.25, 0.3) is 0 Å². The van der Waals surface area contributed by atoms with Crippen molar-refractivity contribution in [1.82, 2.24) is 4.57 Å². The fraction of sp³-hybridized carbons (Fsp3) is 0.190. The molecule has 1 aromatic carbocycles. The van der Waals surface area contributed by atoms with Gasteiger partial charge in [-0.25, -0.2) is 4.57 Å². The van der Waals surface area contributed by atoms with Crippen molar-refractivity contribution in [2.45, 2.75) is 11.4 Å². The Hall–Kier alpha value is -2.84. The van der Waals surface area contributed by atoms with Crippen molar-refractivity contribution >= 4 is 45.9 Å². The Kier molecular flexibility index (Phi) is 5.29. The van der Waals surface area contributed by atoms with Gasteiger partial charge in [-0.1, -0.05) is 23.9 Å². The number of aromatic nitrogens is 2. The molecule has 2 aromatic heterocycles. The van der Waals surface area contributed by atoms with E-state index in [1.165, 1.54) is 18.4 Å². The summed E-state index contributed by atoms with van der Waals surface area (Å²) in [5, 5.41) is 9.79. The quantitative estimate of drug-likeness (QED) is 0.505. The summed E-state index contributed by atoms with van der Waals surface area (Å²) in [6.07, 6.45) is 3.97. The lowest BCUT2D eigenvalue weighted by Crippen LogP contribution is -2.37. The first kappa shape index (κ1) is 19.5. The number of hydrogen-bond donors (Lipinski definition) is 1. The van der Waals surface area contributed by atoms with Crippen LogP contribution in [0.1, 0.15) is 5.69 Å². The zero-order valence-corrected chi connectivity index (χ0v) is 18.0. The van der Waals surface area contributed by atoms with Crippen LogP contribution >= 0.6 is 23.1 Å². The first-order chi connectivity index (χ1) is 14.0. The van der Waals surface area contributed by atoms with Gasteiger partial charge < -0.3 is 14.2 Å². The monoisotopic (exact) mass is 425 g/mol. The zero-order valence-electron chi connectivity index (χ0n) is 16.4. The van der Waals surface area contributed by atoms with Crippen LogP contribution in [-0.2, 0) is 23.1 Å². The van der Waals surface area contributed by atoms with Crippen LogP contribution in [0, 0.1) is 5.41 Å². The highest BCUT2D eigenvalue weighted by atomic mass is 32.2. The van der Waals surface area contributed by atoms with Crippen molar-refractivity contribution in [2.24, 2.45) is 7.05 Å². The van der Waals surface area contributed by atoms with Gasteiger partial charge in [0.05, 0.1) is 12.8 Å². The number of carbonyl (C=O) groups excluding carboxylic acids is 1. The number of thioether (sulfide) groups is 1. The lowest BCUT2D eigenvalue weighted by Gasteiger charge is -2.12. The van der Waals surface area contributed by atoms with E-state index in [0.29, 0.717) is 5.49 Å². The minimum atomic E-state index is -0.374. The molecule has 3 aromatic rings. The Morgan fingerprint density at radius 2 is 2.00 bits per heavy atom. The number of fused-ring (bicyclic) bond motifs is 1. The summed E-state index contributed by atoms with van der Waals surface area (Å²) < 4.78 is 10.2. The van der Waals surface area contributed by atoms with Crippen LogP contribution in [0.15, 0.2) is 53.6 Å². The van der Waals surface area contributed by atoms with Crippen LogP contribution in [0.4, 0.5) is 5.69 Å². The molecule has 1 aliphatic heterocycles. The number of anilines is 1. The number of rotatable bonds is 3. The number of hydrogen-bond acceptors (Lipinski definition) is 6. The molecule has 0 saturated heterocycles. The number of methoxy groups -OCH3 is 1. The minimum Gasteiger partial charge on any atom is -0.468 e. The normalized spacial score (nSPS) is 15.6. The summed E-state index contributed by atoms with van der Waals surface area (Å²) in [6.45, 7) is 0.00280. The third kappa shape index (κ3) is 3.61. The standard InChI is InChI=1S/C21H21N4O2S2/c1-23-11-7-6-8-14(23)12-17-25(13-18(26)27-3)20(22)19(29-17)21-24(2)15-9-4-5-10-16(15)28-21/h4-12,22H,13H2,1-3H3/q+1/b21-19+,22-20?. The number of carbonyl (C=O) groups is 1. The van der Waals surface area contributed by atoms with Crippen molar-refractivity contribution in [3.8, 4) is 0 Å². The molecule has 0 unspecified atom stereocenters. The summed E-state index contributed by atoms with van der Waals surface area (Å²) in [5.41, 5.74) is 2.42. The molecule has 0 fully saturated rings. The fourth-order valence-corrected chi connectivity index (χ4v) is 5.58. The number of nitrogens with zero attached hydrogens (tertiary/aromatic N) is 3. The second-order valence-electron chi connectivity index (χ2n) is 6.60. The average molecular weight is 426 g/mol. The molecular weight excluding hydrogens is 404 g/mol. The molecule has 1 aliphatic rings. The van der Waals surface area contributed by atoms with Gasteiger partial charge in [0.2, 0.25) is 5.69 Å². The lowest BCUT2D eigenvalue weighted by atomic mass is 10.3. The molecule has 4 rings (SSSR count). The number of benzene rings is 1. The number of thiazole rings is 1. The number of para-hydroxylation sites is 1. The zero-order chi connectivity index (χ0) is 20.5. The Morgan fingerprint density at radius 3 is 2.72 bits per heavy atom. The molecule has 0 saturated carbocycles. The van der Waals surface area contributed by atoms with E-state index >= 15 is 0 Å². The number of aryl methyl sites for hydroxylation is 1. The number of esters is 1. The van der Waals surface area contributed by atoms with Crippen molar-refractivity contribution in [1.29, 1.82) is 5.41 Å². The van der Waals surface area contributed by atoms with E-state index in [4.69, 9.17) is 10.1 Å². The van der Waals surface area contributed by atoms with Crippen molar-refractivity contribution in [2.75, 3.05) is 19.1 Å². The Balaban J connectivity index is 1.96. The molecular formula is C21H21N4O2S2+. The maximum atomic E-state index is 12.0. The molecule has 3 heterocycles. The van der Waals surface area contributed by atoms with Crippen molar-refractivity contribution in [3.05, 3.63) is 69.0 Å². The number of pyridine rings is 1. The number of ether oxygens (including phenoxy) is 1. The number of nitrogens with one attached hydrogen (secondary N) is 1. The molecule has 1 N–H and O–H groups in total. The highest BCUT2D eigenvalue weighted by molar-refractivity contribution is 8.08. The fourth-order valence-electron chi connectivity index (χ4n) is 3.16. The molecule has 148 valence electrons. The van der Waals surface area contributed by atoms with Gasteiger partial charge in [0, 0.05) is 30.2 Å². The smallest absolute Gasteiger partial charge is 0.325 e. The third-order valence-electron chi connectivity index (χ3n) is 4.77. The maximum Gasteiger partial charge on any atom is 0.325 e. The van der Waals surface area contributed by atoms with E-state index in [2.05, 4.69) is 17.0 Å². The molecule has 0 bridgehead atoms. The van der Waals surface area contributed by atoms with Crippen molar-refractivity contribution in [3.63, 3.8) is 0 Å². The maximum absolute atomic E-state index is 12.0. The minimum absolute atomic E-state index is 0.00280. The van der Waals surface area contributed by atoms with Crippen LogP contribution in [0.25, 0.3) is 11.1 Å². The first-order valence-electron chi connectivity index (χ1n) is 9.02. The summed E-state index contributed by atoms with van der Waals surface area (Å²) in [4.78, 5) is 15.3. The second kappa shape index (κ2) is 7.88. The van der Waals surface area contributed by atoms with Gasteiger partial charge in [-0.05, 0) is 18.2 Å². The molecule has 0 aliphatic carbocycles. The Morgan fingerprint density at radius 1 is 1.24 bits per heavy atom. The van der Waals surface area contributed by atoms with E-state index in [1.807, 2.05) is 61.3 Å². The Labute approximate surface area is 176 Å². The van der Waals surface area contributed by atoms with Gasteiger partial charge >= 0.3 is 5.97 Å². The third-order valence-corrected chi connectivity index (χ3v) is 7.27. The molecule has 6 nitrogen and oxygen atoms in total. The molecule has 8 heteroatoms. The van der Waals surface area contributed by atoms with Crippen LogP contribution in [-0.4, -0.2) is 24.7 Å². The van der Waals surface area contributed by atoms with Gasteiger partial charge in [-0.2, -0.15) is 0 Å². The molecule has 0 amide bonds. The van der Waals surface area contributed by atoms with Crippen LogP contribution in [0.3, 0.4) is 0 Å². The van der Waals surface area contributed by atoms with Gasteiger partial charge in [0.1, 0.15) is 33.3 Å². The summed E-state index contributed by atoms with van der Waals surface area (Å²) in [6, 6.07) is 14.1. The average Bonchev–Trinajstić information content (AvgIpc) is 3.21. The highest BCUT2D eigenvalue weighted by Crippen LogP contribution is 2.44. The topological polar surface area (TPSA) is 62.2 Å². The van der Waals surface area contributed by atoms with E-state index < -0.39 is 0 Å². The Bertz CT molecular complexity index is 1280. The second-order valence-corrected chi connectivity index (χ2v) is 8.66. The van der Waals surface area contributed by atoms with E-state index in [-0.39, 0.29) is 12.5 Å². The van der Waals surface area contributed by atoms with Gasteiger partial charge in [0.15, 0.2) is 6.20 Å². The summed E-state index contributed by atoms with van der Waals surface area (Å²) in [5.74, 6) is -0.374. The molecule has 29 heavy (non-hydrogen) atoms. The van der Waals surface area contributed by atoms with Crippen molar-refractivity contribution < 1.29 is 14.1 Å². The highest BCUT2D eigenvalue weighted by Gasteiger charge is 2.24. The molecule has 0 radical (unpaired) electrons. The SMILES string of the molecule is COC(=O)Cn1c(=N)/c(=C2\Sc3ccccc3N2C)s/c1=C\c1cccc[n+]1C. The van der Waals surface area contributed by atoms with Gasteiger partial charge in [-0.15, -0.1) is 11.3 Å². The summed E-state index contributed by atoms with van der Waals surface area (Å²) in [7, 11) is 5.35. The molecule has 0 atom stereocenters. The van der Waals surface area contributed by atoms with E-state index in [9.17, 15) is 4.79 Å². The largest absolute Gasteiger partial charge is 0.468 e. The predicted molar refractivity (Wildman–Crippen MR) is 115 cm³/mol. The lowest BCUT2D eigenvalue weighted by molar-refractivity contribution is -0.673. The van der Waals surface area contributed by atoms with Gasteiger partial charge in [-0.3, -0.25) is 10.2 Å². The van der Waals surface area contributed by atoms with Crippen LogP contribution in [0.5, 0.6) is 0 Å². The van der Waals surface area contributed by atoms with Crippen LogP contribution in [0.2, 0.25) is 0 Å². The molecule has 0 spiro atoms. The van der Waals surface area contributed by atoms with E-state index in [0.717, 1.165) is 30.5 Å². The summed E-state index contributed by atoms with van der Waals surface area (Å²) >= 11 is 3.17. The predicted octanol–water partition coefficient (Wildman–Crippen LogP) is 1.16. The van der Waals surface area contributed by atoms with E-state index in [1.54, 1.807) is 16.3 Å². The van der Waals surface area contributed by atoms with Crippen LogP contribution < -0.4 is 24.1 Å².